The highest BCUT2D eigenvalue weighted by atomic mass is 32.2. The Balaban J connectivity index is 1.55. The van der Waals surface area contributed by atoms with Crippen LogP contribution in [0.3, 0.4) is 0 Å². The SMILES string of the molecule is CS[C@H]1C[C@H](C(=O)O)N(C(=O)CNC(=O)c2ccc(Oc3ccccc3)cc2)C1. The molecule has 2 aromatic carbocycles. The maximum Gasteiger partial charge on any atom is 0.326 e. The van der Waals surface area contributed by atoms with Crippen LogP contribution in [0.15, 0.2) is 54.6 Å². The van der Waals surface area contributed by atoms with Gasteiger partial charge >= 0.3 is 5.97 Å². The number of nitrogens with one attached hydrogen (secondary N) is 1. The molecule has 1 saturated heterocycles. The molecular weight excluding hydrogens is 392 g/mol. The lowest BCUT2D eigenvalue weighted by Crippen LogP contribution is -2.45. The largest absolute Gasteiger partial charge is 0.480 e. The van der Waals surface area contributed by atoms with Crippen molar-refractivity contribution >= 4 is 29.5 Å². The van der Waals surface area contributed by atoms with Crippen LogP contribution in [0.1, 0.15) is 16.8 Å². The minimum absolute atomic E-state index is 0.0907. The zero-order valence-electron chi connectivity index (χ0n) is 15.9. The van der Waals surface area contributed by atoms with Crippen molar-refractivity contribution in [1.29, 1.82) is 0 Å². The third kappa shape index (κ3) is 5.29. The fourth-order valence-electron chi connectivity index (χ4n) is 3.14. The molecule has 0 aromatic heterocycles. The molecule has 1 heterocycles. The van der Waals surface area contributed by atoms with E-state index in [1.165, 1.54) is 4.90 Å². The molecule has 0 bridgehead atoms. The summed E-state index contributed by atoms with van der Waals surface area (Å²) in [5.41, 5.74) is 0.386. The number of carbonyl (C=O) groups excluding carboxylic acids is 2. The minimum atomic E-state index is -1.02. The van der Waals surface area contributed by atoms with Gasteiger partial charge in [-0.25, -0.2) is 4.79 Å². The number of thioether (sulfide) groups is 1. The van der Waals surface area contributed by atoms with E-state index < -0.39 is 23.8 Å². The molecule has 1 fully saturated rings. The zero-order valence-corrected chi connectivity index (χ0v) is 16.7. The van der Waals surface area contributed by atoms with E-state index in [0.717, 1.165) is 0 Å². The number of rotatable bonds is 7. The lowest BCUT2D eigenvalue weighted by molar-refractivity contribution is -0.147. The molecule has 2 aromatic rings. The van der Waals surface area contributed by atoms with Gasteiger partial charge in [-0.05, 0) is 49.1 Å². The van der Waals surface area contributed by atoms with Crippen molar-refractivity contribution in [3.63, 3.8) is 0 Å². The fraction of sp³-hybridized carbons (Fsp3) is 0.286. The maximum atomic E-state index is 12.4. The van der Waals surface area contributed by atoms with Gasteiger partial charge in [0.05, 0.1) is 6.54 Å². The van der Waals surface area contributed by atoms with E-state index in [0.29, 0.717) is 30.0 Å². The number of nitrogens with zero attached hydrogens (tertiary/aromatic N) is 1. The Kier molecular flexibility index (Phi) is 6.77. The number of aliphatic carboxylic acids is 1. The summed E-state index contributed by atoms with van der Waals surface area (Å²) in [7, 11) is 0. The number of amides is 2. The molecule has 2 amide bonds. The maximum absolute atomic E-state index is 12.4. The third-order valence-electron chi connectivity index (χ3n) is 4.70. The van der Waals surface area contributed by atoms with E-state index in [1.807, 2.05) is 36.6 Å². The molecule has 152 valence electrons. The van der Waals surface area contributed by atoms with Gasteiger partial charge in [0.25, 0.3) is 5.91 Å². The van der Waals surface area contributed by atoms with Gasteiger partial charge in [0, 0.05) is 17.4 Å². The lowest BCUT2D eigenvalue weighted by Gasteiger charge is -2.21. The zero-order chi connectivity index (χ0) is 20.8. The number of carboxylic acids is 1. The molecule has 3 rings (SSSR count). The summed E-state index contributed by atoms with van der Waals surface area (Å²) >= 11 is 1.54. The van der Waals surface area contributed by atoms with Crippen molar-refractivity contribution in [2.24, 2.45) is 0 Å². The smallest absolute Gasteiger partial charge is 0.326 e. The second-order valence-electron chi connectivity index (χ2n) is 6.62. The van der Waals surface area contributed by atoms with Gasteiger partial charge < -0.3 is 20.1 Å². The number of likely N-dealkylation sites (tertiary alicyclic amines) is 1. The minimum Gasteiger partial charge on any atom is -0.480 e. The molecule has 1 aliphatic heterocycles. The Hall–Kier alpha value is -3.00. The summed E-state index contributed by atoms with van der Waals surface area (Å²) < 4.78 is 5.68. The van der Waals surface area contributed by atoms with Gasteiger partial charge in [-0.2, -0.15) is 11.8 Å². The van der Waals surface area contributed by atoms with Crippen LogP contribution in [0.4, 0.5) is 0 Å². The van der Waals surface area contributed by atoms with Crippen LogP contribution in [-0.4, -0.2) is 58.4 Å². The van der Waals surface area contributed by atoms with E-state index in [1.54, 1.807) is 36.0 Å². The Bertz CT molecular complexity index is 872. The van der Waals surface area contributed by atoms with Crippen LogP contribution in [0.5, 0.6) is 11.5 Å². The average molecular weight is 414 g/mol. The van der Waals surface area contributed by atoms with Gasteiger partial charge in [-0.1, -0.05) is 18.2 Å². The Morgan fingerprint density at radius 1 is 1.10 bits per heavy atom. The van der Waals surface area contributed by atoms with Gasteiger partial charge in [-0.3, -0.25) is 9.59 Å². The van der Waals surface area contributed by atoms with Gasteiger partial charge in [0.2, 0.25) is 5.91 Å². The number of benzene rings is 2. The van der Waals surface area contributed by atoms with E-state index in [-0.39, 0.29) is 11.8 Å². The average Bonchev–Trinajstić information content (AvgIpc) is 3.18. The molecule has 2 N–H and O–H groups in total. The van der Waals surface area contributed by atoms with E-state index in [2.05, 4.69) is 5.32 Å². The normalized spacial score (nSPS) is 18.3. The molecule has 29 heavy (non-hydrogen) atoms. The second kappa shape index (κ2) is 9.47. The first kappa shape index (κ1) is 20.7. The molecule has 2 atom stereocenters. The highest BCUT2D eigenvalue weighted by molar-refractivity contribution is 7.99. The Morgan fingerprint density at radius 3 is 2.38 bits per heavy atom. The summed E-state index contributed by atoms with van der Waals surface area (Å²) in [5, 5.41) is 12.0. The first-order valence-electron chi connectivity index (χ1n) is 9.14. The van der Waals surface area contributed by atoms with Crippen molar-refractivity contribution in [3.05, 3.63) is 60.2 Å². The monoisotopic (exact) mass is 414 g/mol. The Morgan fingerprint density at radius 2 is 1.76 bits per heavy atom. The number of hydrogen-bond donors (Lipinski definition) is 2. The first-order chi connectivity index (χ1) is 14.0. The van der Waals surface area contributed by atoms with Crippen molar-refractivity contribution in [1.82, 2.24) is 10.2 Å². The molecule has 8 heteroatoms. The number of hydrogen-bond acceptors (Lipinski definition) is 5. The van der Waals surface area contributed by atoms with Gasteiger partial charge in [0.1, 0.15) is 17.5 Å². The lowest BCUT2D eigenvalue weighted by atomic mass is 10.2. The summed E-state index contributed by atoms with van der Waals surface area (Å²) in [4.78, 5) is 37.5. The van der Waals surface area contributed by atoms with Crippen molar-refractivity contribution < 1.29 is 24.2 Å². The van der Waals surface area contributed by atoms with E-state index in [9.17, 15) is 19.5 Å². The highest BCUT2D eigenvalue weighted by Crippen LogP contribution is 2.26. The number of carbonyl (C=O) groups is 3. The van der Waals surface area contributed by atoms with Crippen LogP contribution in [0.2, 0.25) is 0 Å². The second-order valence-corrected chi connectivity index (χ2v) is 7.75. The third-order valence-corrected chi connectivity index (χ3v) is 5.71. The van der Waals surface area contributed by atoms with E-state index >= 15 is 0 Å². The first-order valence-corrected chi connectivity index (χ1v) is 10.4. The van der Waals surface area contributed by atoms with Crippen molar-refractivity contribution in [2.75, 3.05) is 19.3 Å². The molecule has 0 radical (unpaired) electrons. The highest BCUT2D eigenvalue weighted by Gasteiger charge is 2.39. The summed E-state index contributed by atoms with van der Waals surface area (Å²) in [5.74, 6) is -0.538. The number of ether oxygens (including phenoxy) is 1. The number of carboxylic acid groups (broad SMARTS) is 1. The molecule has 0 unspecified atom stereocenters. The van der Waals surface area contributed by atoms with Crippen LogP contribution in [0, 0.1) is 0 Å². The molecule has 0 spiro atoms. The fourth-order valence-corrected chi connectivity index (χ4v) is 3.82. The molecule has 1 aliphatic rings. The van der Waals surface area contributed by atoms with Crippen LogP contribution in [0.25, 0.3) is 0 Å². The molecule has 7 nitrogen and oxygen atoms in total. The summed E-state index contributed by atoms with van der Waals surface area (Å²) in [6, 6.07) is 15.0. The Labute approximate surface area is 173 Å². The molecular formula is C21H22N2O5S. The predicted octanol–water partition coefficient (Wildman–Crippen LogP) is 2.63. The van der Waals surface area contributed by atoms with Crippen LogP contribution < -0.4 is 10.1 Å². The quantitative estimate of drug-likeness (QED) is 0.723. The van der Waals surface area contributed by atoms with Crippen molar-refractivity contribution in [3.8, 4) is 11.5 Å². The van der Waals surface area contributed by atoms with Crippen LogP contribution in [-0.2, 0) is 9.59 Å². The van der Waals surface area contributed by atoms with Gasteiger partial charge in [-0.15, -0.1) is 0 Å². The molecule has 0 saturated carbocycles. The summed E-state index contributed by atoms with van der Waals surface area (Å²) in [6.07, 6.45) is 2.31. The predicted molar refractivity (Wildman–Crippen MR) is 110 cm³/mol. The van der Waals surface area contributed by atoms with Crippen molar-refractivity contribution in [2.45, 2.75) is 17.7 Å². The topological polar surface area (TPSA) is 95.9 Å². The van der Waals surface area contributed by atoms with Crippen LogP contribution >= 0.6 is 11.8 Å². The molecule has 0 aliphatic carbocycles. The van der Waals surface area contributed by atoms with Gasteiger partial charge in [0.15, 0.2) is 0 Å². The number of para-hydroxylation sites is 1. The summed E-state index contributed by atoms with van der Waals surface area (Å²) in [6.45, 7) is 0.129. The van der Waals surface area contributed by atoms with E-state index in [4.69, 9.17) is 4.74 Å². The standard InChI is InChI=1S/C21H22N2O5S/c1-29-17-11-18(21(26)27)23(13-17)19(24)12-22-20(25)14-7-9-16(10-8-14)28-15-5-3-2-4-6-15/h2-10,17-18H,11-13H2,1H3,(H,22,25)(H,26,27)/t17-,18+/m0/s1.